The lowest BCUT2D eigenvalue weighted by Crippen LogP contribution is -2.39. The topological polar surface area (TPSA) is 92.4 Å². The Morgan fingerprint density at radius 1 is 0.872 bits per heavy atom. The largest absolute Gasteiger partial charge is 0.461 e. The standard InChI is InChI=1S/C39H43N5O3/c1-26-14-16-32(17-15-26)44-36(25-35(42-44)39(3,4)5)41-38(46)40-31-13-9-10-29(23-31)22-28-18-20-43(21-19-28)37(45)33-24-34(47-27(33)2)30-11-7-6-8-12-30/h6-17,23-25,28H,18-22H2,1-5H3,(H2,40,41,46). The first kappa shape index (κ1) is 31.9. The number of carbonyl (C=O) groups is 2. The summed E-state index contributed by atoms with van der Waals surface area (Å²) in [5.41, 5.74) is 6.24. The normalized spacial score (nSPS) is 13.9. The number of hydrogen-bond acceptors (Lipinski definition) is 4. The molecule has 1 aliphatic rings. The summed E-state index contributed by atoms with van der Waals surface area (Å²) < 4.78 is 7.72. The third kappa shape index (κ3) is 7.49. The van der Waals surface area contributed by atoms with E-state index in [4.69, 9.17) is 9.52 Å². The Morgan fingerprint density at radius 3 is 2.30 bits per heavy atom. The van der Waals surface area contributed by atoms with Gasteiger partial charge in [0.05, 0.1) is 16.9 Å². The maximum Gasteiger partial charge on any atom is 0.324 e. The van der Waals surface area contributed by atoms with Crippen LogP contribution < -0.4 is 10.6 Å². The van der Waals surface area contributed by atoms with Crippen LogP contribution in [-0.4, -0.2) is 39.7 Å². The van der Waals surface area contributed by atoms with Crippen molar-refractivity contribution in [1.29, 1.82) is 0 Å². The quantitative estimate of drug-likeness (QED) is 0.188. The van der Waals surface area contributed by atoms with Crippen molar-refractivity contribution in [2.75, 3.05) is 23.7 Å². The van der Waals surface area contributed by atoms with E-state index in [0.29, 0.717) is 36.1 Å². The molecule has 1 saturated heterocycles. The van der Waals surface area contributed by atoms with Crippen LogP contribution in [0.3, 0.4) is 0 Å². The van der Waals surface area contributed by atoms with Crippen LogP contribution in [-0.2, 0) is 11.8 Å². The number of anilines is 2. The van der Waals surface area contributed by atoms with Crippen molar-refractivity contribution in [2.45, 2.75) is 59.3 Å². The van der Waals surface area contributed by atoms with Gasteiger partial charge in [-0.05, 0) is 74.9 Å². The van der Waals surface area contributed by atoms with Crippen molar-refractivity contribution in [1.82, 2.24) is 14.7 Å². The zero-order valence-electron chi connectivity index (χ0n) is 27.8. The van der Waals surface area contributed by atoms with Crippen molar-refractivity contribution in [3.63, 3.8) is 0 Å². The molecule has 1 fully saturated rings. The molecule has 47 heavy (non-hydrogen) atoms. The van der Waals surface area contributed by atoms with E-state index < -0.39 is 0 Å². The molecular weight excluding hydrogens is 586 g/mol. The van der Waals surface area contributed by atoms with Crippen molar-refractivity contribution < 1.29 is 14.0 Å². The monoisotopic (exact) mass is 629 g/mol. The van der Waals surface area contributed by atoms with Crippen LogP contribution in [0, 0.1) is 19.8 Å². The number of piperidine rings is 1. The van der Waals surface area contributed by atoms with Gasteiger partial charge in [0.15, 0.2) is 0 Å². The van der Waals surface area contributed by atoms with Crippen molar-refractivity contribution >= 4 is 23.4 Å². The summed E-state index contributed by atoms with van der Waals surface area (Å²) in [4.78, 5) is 28.5. The van der Waals surface area contributed by atoms with Gasteiger partial charge in [0, 0.05) is 35.8 Å². The van der Waals surface area contributed by atoms with Crippen LogP contribution >= 0.6 is 0 Å². The molecule has 0 spiro atoms. The van der Waals surface area contributed by atoms with E-state index >= 15 is 0 Å². The van der Waals surface area contributed by atoms with Gasteiger partial charge in [-0.25, -0.2) is 9.48 Å². The molecule has 2 N–H and O–H groups in total. The van der Waals surface area contributed by atoms with Gasteiger partial charge in [-0.15, -0.1) is 0 Å². The Labute approximate surface area is 276 Å². The maximum atomic E-state index is 13.4. The fourth-order valence-corrected chi connectivity index (χ4v) is 6.06. The number of amides is 3. The Bertz CT molecular complexity index is 1860. The van der Waals surface area contributed by atoms with E-state index in [0.717, 1.165) is 58.8 Å². The predicted octanol–water partition coefficient (Wildman–Crippen LogP) is 8.79. The third-order valence-electron chi connectivity index (χ3n) is 8.82. The van der Waals surface area contributed by atoms with Crippen LogP contribution in [0.2, 0.25) is 0 Å². The Balaban J connectivity index is 1.06. The fraction of sp³-hybridized carbons (Fsp3) is 0.308. The highest BCUT2D eigenvalue weighted by Gasteiger charge is 2.27. The van der Waals surface area contributed by atoms with E-state index in [1.54, 1.807) is 4.68 Å². The number of benzene rings is 3. The maximum absolute atomic E-state index is 13.4. The molecule has 3 amide bonds. The molecule has 5 aromatic rings. The van der Waals surface area contributed by atoms with Crippen molar-refractivity contribution in [3.05, 3.63) is 119 Å². The second-order valence-corrected chi connectivity index (χ2v) is 13.6. The highest BCUT2D eigenvalue weighted by Crippen LogP contribution is 2.30. The average molecular weight is 630 g/mol. The van der Waals surface area contributed by atoms with Crippen molar-refractivity contribution in [3.8, 4) is 17.0 Å². The number of urea groups is 1. The summed E-state index contributed by atoms with van der Waals surface area (Å²) in [7, 11) is 0. The van der Waals surface area contributed by atoms with Crippen LogP contribution in [0.5, 0.6) is 0 Å². The smallest absolute Gasteiger partial charge is 0.324 e. The highest BCUT2D eigenvalue weighted by atomic mass is 16.3. The molecule has 1 aliphatic heterocycles. The van der Waals surface area contributed by atoms with E-state index in [9.17, 15) is 9.59 Å². The van der Waals surface area contributed by atoms with E-state index in [1.165, 1.54) is 0 Å². The van der Waals surface area contributed by atoms with Gasteiger partial charge in [0.2, 0.25) is 0 Å². The van der Waals surface area contributed by atoms with Gasteiger partial charge >= 0.3 is 6.03 Å². The molecule has 3 heterocycles. The van der Waals surface area contributed by atoms with Crippen LogP contribution in [0.15, 0.2) is 95.4 Å². The van der Waals surface area contributed by atoms with Gasteiger partial charge < -0.3 is 14.6 Å². The second-order valence-electron chi connectivity index (χ2n) is 13.6. The number of nitrogens with zero attached hydrogens (tertiary/aromatic N) is 3. The molecule has 6 rings (SSSR count). The number of aromatic nitrogens is 2. The number of rotatable bonds is 7. The Morgan fingerprint density at radius 2 is 1.60 bits per heavy atom. The van der Waals surface area contributed by atoms with Crippen molar-refractivity contribution in [2.24, 2.45) is 5.92 Å². The molecule has 242 valence electrons. The molecule has 0 radical (unpaired) electrons. The van der Waals surface area contributed by atoms with Crippen LogP contribution in [0.4, 0.5) is 16.3 Å². The van der Waals surface area contributed by atoms with E-state index in [-0.39, 0.29) is 17.4 Å². The summed E-state index contributed by atoms with van der Waals surface area (Å²) in [6.07, 6.45) is 2.73. The van der Waals surface area contributed by atoms with Gasteiger partial charge in [-0.2, -0.15) is 5.10 Å². The van der Waals surface area contributed by atoms with Gasteiger partial charge in [-0.1, -0.05) is 80.9 Å². The molecule has 0 saturated carbocycles. The van der Waals surface area contributed by atoms with Gasteiger partial charge in [-0.3, -0.25) is 10.1 Å². The Kier molecular flexibility index (Phi) is 9.03. The fourth-order valence-electron chi connectivity index (χ4n) is 6.06. The molecule has 8 nitrogen and oxygen atoms in total. The lowest BCUT2D eigenvalue weighted by molar-refractivity contribution is 0.0689. The number of carbonyl (C=O) groups excluding carboxylic acids is 2. The molecule has 0 unspecified atom stereocenters. The zero-order valence-corrected chi connectivity index (χ0v) is 27.8. The summed E-state index contributed by atoms with van der Waals surface area (Å²) in [6.45, 7) is 11.6. The summed E-state index contributed by atoms with van der Waals surface area (Å²) in [6, 6.07) is 29.4. The van der Waals surface area contributed by atoms with Gasteiger partial charge in [0.1, 0.15) is 17.3 Å². The second kappa shape index (κ2) is 13.3. The van der Waals surface area contributed by atoms with E-state index in [2.05, 4.69) is 37.5 Å². The first-order valence-corrected chi connectivity index (χ1v) is 16.3. The predicted molar refractivity (Wildman–Crippen MR) is 187 cm³/mol. The first-order valence-electron chi connectivity index (χ1n) is 16.3. The lowest BCUT2D eigenvalue weighted by Gasteiger charge is -2.32. The summed E-state index contributed by atoms with van der Waals surface area (Å²) in [5.74, 6) is 2.46. The summed E-state index contributed by atoms with van der Waals surface area (Å²) in [5, 5.41) is 10.8. The highest BCUT2D eigenvalue weighted by molar-refractivity contribution is 5.99. The third-order valence-corrected chi connectivity index (χ3v) is 8.82. The van der Waals surface area contributed by atoms with Crippen LogP contribution in [0.25, 0.3) is 17.0 Å². The average Bonchev–Trinajstić information content (AvgIpc) is 3.66. The molecule has 8 heteroatoms. The molecule has 2 aromatic heterocycles. The number of likely N-dealkylation sites (tertiary alicyclic amines) is 1. The molecule has 0 atom stereocenters. The number of furan rings is 1. The van der Waals surface area contributed by atoms with Crippen LogP contribution in [0.1, 0.15) is 66.6 Å². The summed E-state index contributed by atoms with van der Waals surface area (Å²) >= 11 is 0. The number of nitrogens with one attached hydrogen (secondary N) is 2. The van der Waals surface area contributed by atoms with Gasteiger partial charge in [0.25, 0.3) is 5.91 Å². The number of hydrogen-bond donors (Lipinski definition) is 2. The molecule has 0 aliphatic carbocycles. The minimum absolute atomic E-state index is 0.0300. The van der Waals surface area contributed by atoms with E-state index in [1.807, 2.05) is 104 Å². The number of aryl methyl sites for hydroxylation is 2. The SMILES string of the molecule is Cc1ccc(-n2nc(C(C)(C)C)cc2NC(=O)Nc2cccc(CC3CCN(C(=O)c4cc(-c5ccccc5)oc4C)CC3)c2)cc1. The zero-order chi connectivity index (χ0) is 33.1. The molecule has 3 aromatic carbocycles. The Hall–Kier alpha value is -5.11. The molecular formula is C39H43N5O3. The minimum Gasteiger partial charge on any atom is -0.461 e. The molecule has 0 bridgehead atoms. The minimum atomic E-state index is -0.326. The first-order chi connectivity index (χ1) is 22.5. The lowest BCUT2D eigenvalue weighted by atomic mass is 9.90.